The number of anilines is 4. The maximum absolute atomic E-state index is 11.7. The minimum absolute atomic E-state index is 0.0315. The van der Waals surface area contributed by atoms with Crippen LogP contribution >= 0.6 is 11.3 Å². The molecule has 0 aliphatic carbocycles. The standard InChI is InChI=1S/C17H13N7O3S/c1-27-10-5-6-11-12(8-10)28-17(21-11)23-16-14(24(25)26)15(19-9-20-16)22-13-4-2-3-7-18-13/h2-9H,1H3,(H2,18,19,20,21,22,23). The zero-order valence-corrected chi connectivity index (χ0v) is 15.3. The Morgan fingerprint density at radius 2 is 1.93 bits per heavy atom. The summed E-state index contributed by atoms with van der Waals surface area (Å²) in [5.41, 5.74) is 0.446. The van der Waals surface area contributed by atoms with Crippen LogP contribution in [0.4, 0.5) is 28.3 Å². The zero-order valence-electron chi connectivity index (χ0n) is 14.5. The third-order valence-corrected chi connectivity index (χ3v) is 4.67. The number of hydrogen-bond donors (Lipinski definition) is 2. The number of pyridine rings is 1. The van der Waals surface area contributed by atoms with E-state index in [4.69, 9.17) is 4.74 Å². The Bertz CT molecular complexity index is 1150. The van der Waals surface area contributed by atoms with Crippen molar-refractivity contribution in [2.75, 3.05) is 17.7 Å². The van der Waals surface area contributed by atoms with Crippen LogP contribution in [0.15, 0.2) is 48.9 Å². The Labute approximate surface area is 162 Å². The lowest BCUT2D eigenvalue weighted by Crippen LogP contribution is -2.05. The highest BCUT2D eigenvalue weighted by molar-refractivity contribution is 7.22. The van der Waals surface area contributed by atoms with Crippen molar-refractivity contribution in [1.29, 1.82) is 0 Å². The first-order valence-corrected chi connectivity index (χ1v) is 8.85. The van der Waals surface area contributed by atoms with Gasteiger partial charge < -0.3 is 15.4 Å². The number of aromatic nitrogens is 4. The van der Waals surface area contributed by atoms with Crippen LogP contribution in [0.5, 0.6) is 5.75 Å². The third kappa shape index (κ3) is 3.50. The van der Waals surface area contributed by atoms with Gasteiger partial charge in [0.25, 0.3) is 0 Å². The minimum Gasteiger partial charge on any atom is -0.497 e. The quantitative estimate of drug-likeness (QED) is 0.369. The molecule has 0 saturated heterocycles. The van der Waals surface area contributed by atoms with Crippen molar-refractivity contribution in [3.05, 3.63) is 59.0 Å². The number of nitrogens with one attached hydrogen (secondary N) is 2. The van der Waals surface area contributed by atoms with Gasteiger partial charge in [-0.05, 0) is 30.3 Å². The molecule has 0 amide bonds. The van der Waals surface area contributed by atoms with Gasteiger partial charge in [0.15, 0.2) is 5.13 Å². The smallest absolute Gasteiger partial charge is 0.354 e. The van der Waals surface area contributed by atoms with E-state index in [9.17, 15) is 10.1 Å². The van der Waals surface area contributed by atoms with Gasteiger partial charge in [-0.1, -0.05) is 17.4 Å². The van der Waals surface area contributed by atoms with Crippen LogP contribution in [-0.4, -0.2) is 32.0 Å². The lowest BCUT2D eigenvalue weighted by Gasteiger charge is -2.08. The molecule has 0 aliphatic rings. The van der Waals surface area contributed by atoms with Gasteiger partial charge in [0, 0.05) is 6.20 Å². The van der Waals surface area contributed by atoms with Crippen LogP contribution in [0.1, 0.15) is 0 Å². The van der Waals surface area contributed by atoms with Crippen molar-refractivity contribution < 1.29 is 9.66 Å². The number of ether oxygens (including phenoxy) is 1. The molecular formula is C17H13N7O3S. The predicted molar refractivity (Wildman–Crippen MR) is 106 cm³/mol. The van der Waals surface area contributed by atoms with Crippen molar-refractivity contribution in [1.82, 2.24) is 19.9 Å². The summed E-state index contributed by atoms with van der Waals surface area (Å²) in [5, 5.41) is 17.9. The summed E-state index contributed by atoms with van der Waals surface area (Å²) in [5.74, 6) is 1.20. The van der Waals surface area contributed by atoms with Gasteiger partial charge in [0.05, 0.1) is 22.2 Å². The van der Waals surface area contributed by atoms with E-state index in [1.165, 1.54) is 17.7 Å². The highest BCUT2D eigenvalue weighted by Gasteiger charge is 2.24. The second-order valence-electron chi connectivity index (χ2n) is 5.49. The molecule has 0 radical (unpaired) electrons. The fourth-order valence-corrected chi connectivity index (χ4v) is 3.37. The summed E-state index contributed by atoms with van der Waals surface area (Å²) >= 11 is 1.33. The van der Waals surface area contributed by atoms with Crippen LogP contribution in [0, 0.1) is 10.1 Å². The lowest BCUT2D eigenvalue weighted by atomic mass is 10.3. The van der Waals surface area contributed by atoms with E-state index in [2.05, 4.69) is 30.6 Å². The van der Waals surface area contributed by atoms with E-state index in [0.717, 1.165) is 10.2 Å². The molecule has 4 aromatic rings. The van der Waals surface area contributed by atoms with Crippen LogP contribution in [0.25, 0.3) is 10.2 Å². The maximum Gasteiger partial charge on any atom is 0.354 e. The van der Waals surface area contributed by atoms with Crippen molar-refractivity contribution in [2.45, 2.75) is 0 Å². The number of benzene rings is 1. The summed E-state index contributed by atoms with van der Waals surface area (Å²) in [6, 6.07) is 10.7. The van der Waals surface area contributed by atoms with E-state index >= 15 is 0 Å². The Hall–Kier alpha value is -3.86. The first-order chi connectivity index (χ1) is 13.6. The molecule has 2 N–H and O–H groups in total. The van der Waals surface area contributed by atoms with E-state index in [-0.39, 0.29) is 17.3 Å². The van der Waals surface area contributed by atoms with Crippen molar-refractivity contribution >= 4 is 49.8 Å². The number of thiazole rings is 1. The number of nitrogens with zero attached hydrogens (tertiary/aromatic N) is 5. The van der Waals surface area contributed by atoms with E-state index in [1.807, 2.05) is 12.1 Å². The fourth-order valence-electron chi connectivity index (χ4n) is 2.48. The second-order valence-corrected chi connectivity index (χ2v) is 6.52. The van der Waals surface area contributed by atoms with E-state index < -0.39 is 4.92 Å². The molecule has 0 bridgehead atoms. The highest BCUT2D eigenvalue weighted by Crippen LogP contribution is 2.35. The fraction of sp³-hybridized carbons (Fsp3) is 0.0588. The number of rotatable bonds is 6. The Morgan fingerprint density at radius 1 is 1.11 bits per heavy atom. The number of hydrogen-bond acceptors (Lipinski definition) is 10. The third-order valence-electron chi connectivity index (χ3n) is 3.74. The summed E-state index contributed by atoms with van der Waals surface area (Å²) in [6.07, 6.45) is 2.81. The number of nitro groups is 1. The van der Waals surface area contributed by atoms with Gasteiger partial charge in [-0.15, -0.1) is 0 Å². The molecule has 3 heterocycles. The van der Waals surface area contributed by atoms with Gasteiger partial charge in [-0.2, -0.15) is 0 Å². The van der Waals surface area contributed by atoms with Crippen LogP contribution in [0.2, 0.25) is 0 Å². The Morgan fingerprint density at radius 3 is 2.64 bits per heavy atom. The molecule has 11 heteroatoms. The Kier molecular flexibility index (Phi) is 4.64. The van der Waals surface area contributed by atoms with Crippen molar-refractivity contribution in [3.63, 3.8) is 0 Å². The van der Waals surface area contributed by atoms with Gasteiger partial charge in [0.1, 0.15) is 17.9 Å². The minimum atomic E-state index is -0.552. The number of methoxy groups -OCH3 is 1. The lowest BCUT2D eigenvalue weighted by molar-refractivity contribution is -0.383. The predicted octanol–water partition coefficient (Wildman–Crippen LogP) is 3.89. The van der Waals surface area contributed by atoms with Gasteiger partial charge in [-0.25, -0.2) is 19.9 Å². The van der Waals surface area contributed by atoms with Gasteiger partial charge in [0.2, 0.25) is 11.6 Å². The first-order valence-electron chi connectivity index (χ1n) is 8.03. The molecular weight excluding hydrogens is 382 g/mol. The number of fused-ring (bicyclic) bond motifs is 1. The molecule has 0 spiro atoms. The molecule has 0 unspecified atom stereocenters. The van der Waals surface area contributed by atoms with E-state index in [0.29, 0.717) is 16.7 Å². The normalized spacial score (nSPS) is 10.6. The molecule has 10 nitrogen and oxygen atoms in total. The molecule has 1 aromatic carbocycles. The molecule has 140 valence electrons. The zero-order chi connectivity index (χ0) is 19.5. The van der Waals surface area contributed by atoms with Crippen LogP contribution in [0.3, 0.4) is 0 Å². The van der Waals surface area contributed by atoms with Crippen molar-refractivity contribution in [3.8, 4) is 5.75 Å². The average Bonchev–Trinajstić information content (AvgIpc) is 3.10. The summed E-state index contributed by atoms with van der Waals surface area (Å²) in [7, 11) is 1.59. The monoisotopic (exact) mass is 395 g/mol. The summed E-state index contributed by atoms with van der Waals surface area (Å²) < 4.78 is 6.09. The second kappa shape index (κ2) is 7.40. The highest BCUT2D eigenvalue weighted by atomic mass is 32.1. The molecule has 0 fully saturated rings. The molecule has 0 aliphatic heterocycles. The summed E-state index contributed by atoms with van der Waals surface area (Å²) in [6.45, 7) is 0. The maximum atomic E-state index is 11.7. The topological polar surface area (TPSA) is 128 Å². The molecule has 4 rings (SSSR count). The summed E-state index contributed by atoms with van der Waals surface area (Å²) in [4.78, 5) is 27.7. The van der Waals surface area contributed by atoms with Crippen LogP contribution in [-0.2, 0) is 0 Å². The van der Waals surface area contributed by atoms with E-state index in [1.54, 1.807) is 37.6 Å². The largest absolute Gasteiger partial charge is 0.497 e. The van der Waals surface area contributed by atoms with Crippen LogP contribution < -0.4 is 15.4 Å². The Balaban J connectivity index is 1.69. The average molecular weight is 395 g/mol. The van der Waals surface area contributed by atoms with Crippen molar-refractivity contribution in [2.24, 2.45) is 0 Å². The van der Waals surface area contributed by atoms with Gasteiger partial charge in [-0.3, -0.25) is 10.1 Å². The molecule has 3 aromatic heterocycles. The first kappa shape index (κ1) is 17.5. The molecule has 0 saturated carbocycles. The SMILES string of the molecule is COc1ccc2nc(Nc3ncnc(Nc4ccccn4)c3[N+](=O)[O-])sc2c1. The van der Waals surface area contributed by atoms with Gasteiger partial charge >= 0.3 is 5.69 Å². The molecule has 0 atom stereocenters. The molecule has 28 heavy (non-hydrogen) atoms.